The number of carbonyl (C=O) groups is 1. The van der Waals surface area contributed by atoms with Crippen LogP contribution < -0.4 is 4.74 Å². The zero-order chi connectivity index (χ0) is 17.9. The Balaban J connectivity index is 2.20. The number of phenolic OH excluding ortho intramolecular Hbond substituents is 2. The molecule has 0 saturated heterocycles. The van der Waals surface area contributed by atoms with Crippen LogP contribution in [-0.4, -0.2) is 27.0 Å². The maximum absolute atomic E-state index is 12.3. The zero-order valence-electron chi connectivity index (χ0n) is 13.2. The minimum Gasteiger partial charge on any atom is -0.504 e. The summed E-state index contributed by atoms with van der Waals surface area (Å²) in [5.74, 6) is -1.36. The van der Waals surface area contributed by atoms with Crippen LogP contribution >= 0.6 is 0 Å². The molecule has 24 heavy (non-hydrogen) atoms. The lowest BCUT2D eigenvalue weighted by Crippen LogP contribution is -2.07. The molecule has 0 heterocycles. The monoisotopic (exact) mass is 331 g/mol. The second-order valence-electron chi connectivity index (χ2n) is 5.50. The summed E-state index contributed by atoms with van der Waals surface area (Å²) in [6.07, 6.45) is -0.257. The van der Waals surface area contributed by atoms with Crippen molar-refractivity contribution in [2.24, 2.45) is 0 Å². The van der Waals surface area contributed by atoms with E-state index in [1.165, 1.54) is 36.4 Å². The Morgan fingerprint density at radius 3 is 2.29 bits per heavy atom. The van der Waals surface area contributed by atoms with Crippen LogP contribution in [0.2, 0.25) is 0 Å². The molecular formula is C17H17NO6. The molecule has 0 bridgehead atoms. The summed E-state index contributed by atoms with van der Waals surface area (Å²) in [4.78, 5) is 22.4. The number of nitro groups is 1. The smallest absolute Gasteiger partial charge is 0.269 e. The minimum atomic E-state index is -0.542. The van der Waals surface area contributed by atoms with E-state index in [1.807, 2.05) is 0 Å². The molecule has 0 unspecified atom stereocenters. The van der Waals surface area contributed by atoms with Gasteiger partial charge in [-0.05, 0) is 31.5 Å². The number of Topliss-reactive ketones (excluding diaryl/α,β-unsaturated/α-hetero) is 1. The van der Waals surface area contributed by atoms with Gasteiger partial charge in [-0.1, -0.05) is 12.1 Å². The molecule has 0 atom stereocenters. The maximum atomic E-state index is 12.3. The van der Waals surface area contributed by atoms with Crippen LogP contribution in [-0.2, 0) is 6.42 Å². The molecule has 7 nitrogen and oxygen atoms in total. The van der Waals surface area contributed by atoms with Crippen molar-refractivity contribution >= 4 is 11.5 Å². The molecule has 2 aromatic rings. The summed E-state index contributed by atoms with van der Waals surface area (Å²) in [7, 11) is 0. The Hall–Kier alpha value is -3.09. The SMILES string of the molecule is CC(C)Oc1ccc(C(=O)Cc2ccc([N+](=O)[O-])cc2)c(O)c1O. The van der Waals surface area contributed by atoms with Crippen LogP contribution in [0.1, 0.15) is 29.8 Å². The molecule has 7 heteroatoms. The highest BCUT2D eigenvalue weighted by Gasteiger charge is 2.19. The average molecular weight is 331 g/mol. The zero-order valence-corrected chi connectivity index (χ0v) is 13.2. The minimum absolute atomic E-state index is 0.0399. The van der Waals surface area contributed by atoms with Crippen molar-refractivity contribution in [2.45, 2.75) is 26.4 Å². The van der Waals surface area contributed by atoms with Crippen LogP contribution in [0.25, 0.3) is 0 Å². The van der Waals surface area contributed by atoms with E-state index in [-0.39, 0.29) is 29.5 Å². The molecule has 0 aliphatic carbocycles. The first kappa shape index (κ1) is 17.3. The predicted molar refractivity (Wildman–Crippen MR) is 86.7 cm³/mol. The van der Waals surface area contributed by atoms with Gasteiger partial charge >= 0.3 is 0 Å². The molecule has 2 N–H and O–H groups in total. The predicted octanol–water partition coefficient (Wildman–Crippen LogP) is 3.22. The third-order valence-corrected chi connectivity index (χ3v) is 3.29. The number of ketones is 1. The van der Waals surface area contributed by atoms with E-state index >= 15 is 0 Å². The van der Waals surface area contributed by atoms with E-state index in [2.05, 4.69) is 0 Å². The van der Waals surface area contributed by atoms with E-state index < -0.39 is 22.2 Å². The molecule has 0 saturated carbocycles. The van der Waals surface area contributed by atoms with Crippen molar-refractivity contribution in [3.63, 3.8) is 0 Å². The first-order valence-electron chi connectivity index (χ1n) is 7.27. The molecule has 0 amide bonds. The lowest BCUT2D eigenvalue weighted by atomic mass is 10.0. The van der Waals surface area contributed by atoms with Crippen LogP contribution in [0.5, 0.6) is 17.2 Å². The molecule has 0 aliphatic heterocycles. The standard InChI is InChI=1S/C17H17NO6/c1-10(2)24-15-8-7-13(16(20)17(15)21)14(19)9-11-3-5-12(6-4-11)18(22)23/h3-8,10,20-21H,9H2,1-2H3. The Labute approximate surface area is 138 Å². The molecule has 2 aromatic carbocycles. The maximum Gasteiger partial charge on any atom is 0.269 e. The highest BCUT2D eigenvalue weighted by atomic mass is 16.6. The van der Waals surface area contributed by atoms with Gasteiger partial charge in [0, 0.05) is 18.6 Å². The fraction of sp³-hybridized carbons (Fsp3) is 0.235. The van der Waals surface area contributed by atoms with Crippen molar-refractivity contribution in [1.29, 1.82) is 0 Å². The van der Waals surface area contributed by atoms with Gasteiger partial charge in [0.05, 0.1) is 16.6 Å². The molecule has 0 aliphatic rings. The van der Waals surface area contributed by atoms with Crippen LogP contribution in [0, 0.1) is 10.1 Å². The van der Waals surface area contributed by atoms with Gasteiger partial charge in [0.1, 0.15) is 0 Å². The summed E-state index contributed by atoms with van der Waals surface area (Å²) in [5, 5.41) is 30.6. The second-order valence-corrected chi connectivity index (χ2v) is 5.50. The topological polar surface area (TPSA) is 110 Å². The lowest BCUT2D eigenvalue weighted by Gasteiger charge is -2.13. The quantitative estimate of drug-likeness (QED) is 0.364. The Bertz CT molecular complexity index is 767. The highest BCUT2D eigenvalue weighted by molar-refractivity contribution is 6.01. The number of benzene rings is 2. The summed E-state index contributed by atoms with van der Waals surface area (Å²) in [6.45, 7) is 3.54. The number of carbonyl (C=O) groups excluding carboxylic acids is 1. The highest BCUT2D eigenvalue weighted by Crippen LogP contribution is 2.39. The van der Waals surface area contributed by atoms with E-state index in [9.17, 15) is 25.1 Å². The number of nitro benzene ring substituents is 1. The number of hydrogen-bond acceptors (Lipinski definition) is 6. The Morgan fingerprint density at radius 2 is 1.75 bits per heavy atom. The molecular weight excluding hydrogens is 314 g/mol. The summed E-state index contributed by atoms with van der Waals surface area (Å²) < 4.78 is 5.33. The van der Waals surface area contributed by atoms with Gasteiger partial charge in [0.2, 0.25) is 5.75 Å². The van der Waals surface area contributed by atoms with Gasteiger partial charge in [-0.15, -0.1) is 0 Å². The number of nitrogens with zero attached hydrogens (tertiary/aromatic N) is 1. The Morgan fingerprint density at radius 1 is 1.12 bits per heavy atom. The normalized spacial score (nSPS) is 10.6. The first-order chi connectivity index (χ1) is 11.3. The molecule has 0 aromatic heterocycles. The number of rotatable bonds is 6. The number of non-ortho nitro benzene ring substituents is 1. The molecule has 0 spiro atoms. The van der Waals surface area contributed by atoms with E-state index in [0.717, 1.165) is 0 Å². The molecule has 0 fully saturated rings. The van der Waals surface area contributed by atoms with Gasteiger partial charge in [0.25, 0.3) is 5.69 Å². The molecule has 0 radical (unpaired) electrons. The van der Waals surface area contributed by atoms with Gasteiger partial charge in [-0.3, -0.25) is 14.9 Å². The average Bonchev–Trinajstić information content (AvgIpc) is 2.52. The Kier molecular flexibility index (Phi) is 5.03. The van der Waals surface area contributed by atoms with Crippen molar-refractivity contribution in [1.82, 2.24) is 0 Å². The number of aromatic hydroxyl groups is 2. The van der Waals surface area contributed by atoms with Crippen molar-refractivity contribution in [3.8, 4) is 17.2 Å². The van der Waals surface area contributed by atoms with Crippen molar-refractivity contribution in [3.05, 3.63) is 57.6 Å². The van der Waals surface area contributed by atoms with Crippen LogP contribution in [0.3, 0.4) is 0 Å². The largest absolute Gasteiger partial charge is 0.504 e. The van der Waals surface area contributed by atoms with Gasteiger partial charge in [-0.25, -0.2) is 0 Å². The number of ether oxygens (including phenoxy) is 1. The van der Waals surface area contributed by atoms with Gasteiger partial charge < -0.3 is 14.9 Å². The fourth-order valence-electron chi connectivity index (χ4n) is 2.15. The second kappa shape index (κ2) is 6.99. The van der Waals surface area contributed by atoms with Gasteiger partial charge in [-0.2, -0.15) is 0 Å². The van der Waals surface area contributed by atoms with E-state index in [0.29, 0.717) is 5.56 Å². The third-order valence-electron chi connectivity index (χ3n) is 3.29. The fourth-order valence-corrected chi connectivity index (χ4v) is 2.15. The van der Waals surface area contributed by atoms with Crippen LogP contribution in [0.4, 0.5) is 5.69 Å². The first-order valence-corrected chi connectivity index (χ1v) is 7.27. The van der Waals surface area contributed by atoms with Crippen molar-refractivity contribution in [2.75, 3.05) is 0 Å². The number of hydrogen-bond donors (Lipinski definition) is 2. The summed E-state index contributed by atoms with van der Waals surface area (Å²) >= 11 is 0. The lowest BCUT2D eigenvalue weighted by molar-refractivity contribution is -0.384. The summed E-state index contributed by atoms with van der Waals surface area (Å²) in [5.41, 5.74) is 0.454. The molecule has 2 rings (SSSR count). The molecule has 126 valence electrons. The summed E-state index contributed by atoms with van der Waals surface area (Å²) in [6, 6.07) is 8.35. The van der Waals surface area contributed by atoms with E-state index in [4.69, 9.17) is 4.74 Å². The van der Waals surface area contributed by atoms with Crippen LogP contribution in [0.15, 0.2) is 36.4 Å². The van der Waals surface area contributed by atoms with Gasteiger partial charge in [0.15, 0.2) is 17.3 Å². The van der Waals surface area contributed by atoms with Crippen molar-refractivity contribution < 1.29 is 24.7 Å². The third kappa shape index (κ3) is 3.81. The van der Waals surface area contributed by atoms with E-state index in [1.54, 1.807) is 13.8 Å². The number of phenols is 2.